The first-order valence-electron chi connectivity index (χ1n) is 10.7. The summed E-state index contributed by atoms with van der Waals surface area (Å²) in [5.74, 6) is -0.500. The Bertz CT molecular complexity index is 1050. The fraction of sp³-hybridized carbons (Fsp3) is 0.417. The van der Waals surface area contributed by atoms with E-state index in [0.717, 1.165) is 5.56 Å². The van der Waals surface area contributed by atoms with Gasteiger partial charge < -0.3 is 14.5 Å². The van der Waals surface area contributed by atoms with Gasteiger partial charge in [0, 0.05) is 31.5 Å². The van der Waals surface area contributed by atoms with Gasteiger partial charge in [0.05, 0.1) is 16.6 Å². The number of nitrogens with zero attached hydrogens (tertiary/aromatic N) is 2. The van der Waals surface area contributed by atoms with Crippen molar-refractivity contribution in [3.63, 3.8) is 0 Å². The molecule has 0 radical (unpaired) electrons. The lowest BCUT2D eigenvalue weighted by Gasteiger charge is -2.37. The second kappa shape index (κ2) is 7.61. The van der Waals surface area contributed by atoms with Gasteiger partial charge >= 0.3 is 0 Å². The van der Waals surface area contributed by atoms with Gasteiger partial charge in [0.2, 0.25) is 0 Å². The molecule has 0 aromatic heterocycles. The number of piperidine rings is 1. The summed E-state index contributed by atoms with van der Waals surface area (Å²) in [5.41, 5.74) is 1.06. The summed E-state index contributed by atoms with van der Waals surface area (Å²) in [5, 5.41) is 0.428. The lowest BCUT2D eigenvalue weighted by atomic mass is 9.89. The number of benzene rings is 2. The van der Waals surface area contributed by atoms with E-state index in [9.17, 15) is 14.0 Å². The molecule has 31 heavy (non-hydrogen) atoms. The van der Waals surface area contributed by atoms with Crippen LogP contribution in [0, 0.1) is 12.7 Å². The summed E-state index contributed by atoms with van der Waals surface area (Å²) in [4.78, 5) is 29.9. The van der Waals surface area contributed by atoms with Crippen molar-refractivity contribution >= 4 is 23.4 Å². The first-order chi connectivity index (χ1) is 14.9. The molecule has 5 nitrogen and oxygen atoms in total. The number of hydrogen-bond donors (Lipinski definition) is 0. The van der Waals surface area contributed by atoms with Gasteiger partial charge in [-0.15, -0.1) is 0 Å². The first kappa shape index (κ1) is 20.5. The van der Waals surface area contributed by atoms with Crippen molar-refractivity contribution in [3.8, 4) is 0 Å². The summed E-state index contributed by atoms with van der Waals surface area (Å²) >= 11 is 6.24. The Morgan fingerprint density at radius 2 is 1.90 bits per heavy atom. The molecule has 2 aromatic carbocycles. The van der Waals surface area contributed by atoms with E-state index >= 15 is 0 Å². The van der Waals surface area contributed by atoms with Crippen LogP contribution in [0.1, 0.15) is 53.2 Å². The molecular formula is C24H24ClFN2O3. The summed E-state index contributed by atoms with van der Waals surface area (Å²) < 4.78 is 20.7. The van der Waals surface area contributed by atoms with E-state index in [0.29, 0.717) is 54.9 Å². The van der Waals surface area contributed by atoms with Crippen LogP contribution in [0.2, 0.25) is 5.02 Å². The molecule has 0 saturated carbocycles. The number of carbonyl (C=O) groups is 2. The highest BCUT2D eigenvalue weighted by Gasteiger charge is 2.58. The largest absolute Gasteiger partial charge is 0.342 e. The molecule has 3 aliphatic rings. The number of carbonyl (C=O) groups excluding carboxylic acids is 2. The van der Waals surface area contributed by atoms with Gasteiger partial charge in [0.1, 0.15) is 12.0 Å². The number of halogens is 2. The van der Waals surface area contributed by atoms with E-state index in [2.05, 4.69) is 0 Å². The quantitative estimate of drug-likeness (QED) is 0.689. The average molecular weight is 443 g/mol. The van der Waals surface area contributed by atoms with E-state index < -0.39 is 5.60 Å². The summed E-state index contributed by atoms with van der Waals surface area (Å²) in [7, 11) is 0. The lowest BCUT2D eigenvalue weighted by Crippen LogP contribution is -2.51. The molecule has 0 aliphatic carbocycles. The van der Waals surface area contributed by atoms with Crippen molar-refractivity contribution in [1.29, 1.82) is 0 Å². The second-order valence-electron chi connectivity index (χ2n) is 8.67. The molecule has 0 N–H and O–H groups in total. The van der Waals surface area contributed by atoms with Crippen LogP contribution in [0.15, 0.2) is 42.5 Å². The maximum atomic E-state index is 14.4. The molecule has 2 aromatic rings. The highest BCUT2D eigenvalue weighted by atomic mass is 35.5. The smallest absolute Gasteiger partial charge is 0.257 e. The normalized spacial score (nSPS) is 24.7. The predicted molar refractivity (Wildman–Crippen MR) is 114 cm³/mol. The molecule has 2 amide bonds. The van der Waals surface area contributed by atoms with E-state index in [4.69, 9.17) is 16.3 Å². The predicted octanol–water partition coefficient (Wildman–Crippen LogP) is 4.48. The highest BCUT2D eigenvalue weighted by Crippen LogP contribution is 2.48. The van der Waals surface area contributed by atoms with Crippen LogP contribution in [0.25, 0.3) is 0 Å². The van der Waals surface area contributed by atoms with Crippen molar-refractivity contribution in [1.82, 2.24) is 9.80 Å². The summed E-state index contributed by atoms with van der Waals surface area (Å²) in [6.07, 6.45) is 1.90. The van der Waals surface area contributed by atoms with Crippen LogP contribution >= 0.6 is 11.6 Å². The Balaban J connectivity index is 1.32. The van der Waals surface area contributed by atoms with Crippen LogP contribution in [0.5, 0.6) is 0 Å². The molecule has 3 heterocycles. The minimum absolute atomic E-state index is 0.0797. The molecule has 3 saturated heterocycles. The fourth-order valence-corrected chi connectivity index (χ4v) is 5.34. The molecule has 7 heteroatoms. The third-order valence-electron chi connectivity index (χ3n) is 6.79. The zero-order chi connectivity index (χ0) is 21.8. The van der Waals surface area contributed by atoms with Crippen LogP contribution in [-0.4, -0.2) is 46.5 Å². The average Bonchev–Trinajstić information content (AvgIpc) is 3.28. The van der Waals surface area contributed by atoms with Crippen molar-refractivity contribution in [2.45, 2.75) is 50.5 Å². The molecule has 0 bridgehead atoms. The minimum atomic E-state index is -0.929. The molecule has 5 rings (SSSR count). The van der Waals surface area contributed by atoms with Gasteiger partial charge in [0.25, 0.3) is 11.8 Å². The molecule has 3 aliphatic heterocycles. The number of rotatable bonds is 2. The van der Waals surface area contributed by atoms with E-state index in [-0.39, 0.29) is 29.9 Å². The zero-order valence-corrected chi connectivity index (χ0v) is 18.1. The summed E-state index contributed by atoms with van der Waals surface area (Å²) in [6, 6.07) is 11.7. The van der Waals surface area contributed by atoms with Crippen molar-refractivity contribution < 1.29 is 18.7 Å². The molecular weight excluding hydrogens is 419 g/mol. The van der Waals surface area contributed by atoms with Crippen LogP contribution in [0.4, 0.5) is 4.39 Å². The maximum absolute atomic E-state index is 14.4. The monoisotopic (exact) mass is 442 g/mol. The van der Waals surface area contributed by atoms with Crippen molar-refractivity contribution in [2.24, 2.45) is 0 Å². The number of fused-ring (bicyclic) bond motifs is 1. The number of hydrogen-bond acceptors (Lipinski definition) is 3. The van der Waals surface area contributed by atoms with Gasteiger partial charge in [-0.25, -0.2) is 4.39 Å². The second-order valence-corrected chi connectivity index (χ2v) is 9.08. The van der Waals surface area contributed by atoms with Crippen molar-refractivity contribution in [3.05, 3.63) is 70.0 Å². The number of aryl methyl sites for hydroxylation is 1. The zero-order valence-electron chi connectivity index (χ0n) is 17.3. The SMILES string of the molecule is Cc1ccc(Cl)c(C(=O)N2CCC3(CC2)O[C@@H]2CC[C@@H](c4ccccc4F)N2C3=O)c1. The number of likely N-dealkylation sites (tertiary alicyclic amines) is 1. The first-order valence-corrected chi connectivity index (χ1v) is 11.1. The Labute approximate surface area is 185 Å². The van der Waals surface area contributed by atoms with Crippen LogP contribution < -0.4 is 0 Å². The van der Waals surface area contributed by atoms with Gasteiger partial charge in [-0.1, -0.05) is 41.4 Å². The van der Waals surface area contributed by atoms with Gasteiger partial charge in [0.15, 0.2) is 5.60 Å². The Morgan fingerprint density at radius 1 is 1.16 bits per heavy atom. The lowest BCUT2D eigenvalue weighted by molar-refractivity contribution is -0.142. The maximum Gasteiger partial charge on any atom is 0.257 e. The fourth-order valence-electron chi connectivity index (χ4n) is 5.14. The van der Waals surface area contributed by atoms with E-state index in [1.807, 2.05) is 13.0 Å². The Morgan fingerprint density at radius 3 is 2.65 bits per heavy atom. The molecule has 1 spiro atoms. The van der Waals surface area contributed by atoms with Crippen LogP contribution in [0.3, 0.4) is 0 Å². The number of ether oxygens (including phenoxy) is 1. The van der Waals surface area contributed by atoms with E-state index in [1.165, 1.54) is 6.07 Å². The summed E-state index contributed by atoms with van der Waals surface area (Å²) in [6.45, 7) is 2.75. The van der Waals surface area contributed by atoms with E-state index in [1.54, 1.807) is 40.1 Å². The third-order valence-corrected chi connectivity index (χ3v) is 7.12. The molecule has 162 valence electrons. The van der Waals surface area contributed by atoms with Gasteiger partial charge in [-0.2, -0.15) is 0 Å². The Kier molecular flexibility index (Phi) is 5.02. The molecule has 0 unspecified atom stereocenters. The van der Waals surface area contributed by atoms with Crippen LogP contribution in [-0.2, 0) is 9.53 Å². The molecule has 3 fully saturated rings. The third kappa shape index (κ3) is 3.33. The van der Waals surface area contributed by atoms with Gasteiger partial charge in [-0.05, 0) is 38.0 Å². The van der Waals surface area contributed by atoms with Gasteiger partial charge in [-0.3, -0.25) is 9.59 Å². The standard InChI is InChI=1S/C24H24ClFN2O3/c1-15-6-7-18(25)17(14-15)22(29)27-12-10-24(11-13-27)23(30)28-20(8-9-21(28)31-24)16-4-2-3-5-19(16)26/h2-7,14,20-21H,8-13H2,1H3/t20-,21+/m0/s1. The molecule has 2 atom stereocenters. The number of amides is 2. The Hall–Kier alpha value is -2.44. The van der Waals surface area contributed by atoms with Crippen molar-refractivity contribution in [2.75, 3.05) is 13.1 Å². The minimum Gasteiger partial charge on any atom is -0.342 e. The topological polar surface area (TPSA) is 49.9 Å². The highest BCUT2D eigenvalue weighted by molar-refractivity contribution is 6.33.